The number of hydrogen-bond donors (Lipinski definition) is 1. The van der Waals surface area contributed by atoms with Crippen molar-refractivity contribution in [3.63, 3.8) is 0 Å². The van der Waals surface area contributed by atoms with Gasteiger partial charge in [0, 0.05) is 35.8 Å². The molecule has 0 aromatic heterocycles. The van der Waals surface area contributed by atoms with E-state index in [9.17, 15) is 0 Å². The summed E-state index contributed by atoms with van der Waals surface area (Å²) in [6.07, 6.45) is 1.18. The Morgan fingerprint density at radius 2 is 1.90 bits per heavy atom. The fraction of sp³-hybridized carbons (Fsp3) is 0.647. The molecule has 1 N–H and O–H groups in total. The van der Waals surface area contributed by atoms with Crippen LogP contribution >= 0.6 is 15.9 Å². The molecule has 0 aliphatic heterocycles. The molecule has 0 atom stereocenters. The Balaban J connectivity index is 2.82. The topological polar surface area (TPSA) is 18.5 Å². The summed E-state index contributed by atoms with van der Waals surface area (Å²) < 4.78 is 1.15. The van der Waals surface area contributed by atoms with Crippen LogP contribution in [0, 0.1) is 0 Å². The molecule has 1 aromatic rings. The highest BCUT2D eigenvalue weighted by Crippen LogP contribution is 2.25. The van der Waals surface area contributed by atoms with Crippen LogP contribution in [0.5, 0.6) is 0 Å². The molecular weight excluding hydrogens is 326 g/mol. The maximum Gasteiger partial charge on any atom is 0.0423 e. The Labute approximate surface area is 138 Å². The van der Waals surface area contributed by atoms with Gasteiger partial charge in [0.25, 0.3) is 0 Å². The SMILES string of the molecule is CCN(CCCN(C)C)c1cc(Br)ccc1CNC(C)C. The molecule has 0 fully saturated rings. The Morgan fingerprint density at radius 3 is 2.48 bits per heavy atom. The van der Waals surface area contributed by atoms with Gasteiger partial charge in [-0.25, -0.2) is 0 Å². The van der Waals surface area contributed by atoms with Crippen molar-refractivity contribution in [1.82, 2.24) is 10.2 Å². The van der Waals surface area contributed by atoms with E-state index in [2.05, 4.69) is 84.1 Å². The van der Waals surface area contributed by atoms with Crippen molar-refractivity contribution in [1.29, 1.82) is 0 Å². The van der Waals surface area contributed by atoms with E-state index in [0.717, 1.165) is 30.7 Å². The second-order valence-corrected chi connectivity index (χ2v) is 6.96. The summed E-state index contributed by atoms with van der Waals surface area (Å²) in [5, 5.41) is 3.52. The Kier molecular flexibility index (Phi) is 8.30. The molecule has 0 unspecified atom stereocenters. The quantitative estimate of drug-likeness (QED) is 0.727. The molecule has 1 rings (SSSR count). The first-order chi connectivity index (χ1) is 9.93. The van der Waals surface area contributed by atoms with Gasteiger partial charge >= 0.3 is 0 Å². The van der Waals surface area contributed by atoms with E-state index in [4.69, 9.17) is 0 Å². The maximum atomic E-state index is 3.61. The lowest BCUT2D eigenvalue weighted by molar-refractivity contribution is 0.400. The van der Waals surface area contributed by atoms with Crippen molar-refractivity contribution >= 4 is 21.6 Å². The van der Waals surface area contributed by atoms with E-state index in [1.54, 1.807) is 0 Å². The highest BCUT2D eigenvalue weighted by molar-refractivity contribution is 9.10. The van der Waals surface area contributed by atoms with Crippen LogP contribution in [0.15, 0.2) is 22.7 Å². The smallest absolute Gasteiger partial charge is 0.0423 e. The zero-order valence-corrected chi connectivity index (χ0v) is 15.7. The summed E-state index contributed by atoms with van der Waals surface area (Å²) in [7, 11) is 4.26. The van der Waals surface area contributed by atoms with Gasteiger partial charge in [0.05, 0.1) is 0 Å². The summed E-state index contributed by atoms with van der Waals surface area (Å²) in [6.45, 7) is 10.8. The second kappa shape index (κ2) is 9.44. The zero-order valence-electron chi connectivity index (χ0n) is 14.1. The van der Waals surface area contributed by atoms with Gasteiger partial charge in [0.2, 0.25) is 0 Å². The van der Waals surface area contributed by atoms with Crippen LogP contribution < -0.4 is 10.2 Å². The van der Waals surface area contributed by atoms with Crippen LogP contribution in [-0.2, 0) is 6.54 Å². The molecule has 0 saturated heterocycles. The molecule has 0 spiro atoms. The Bertz CT molecular complexity index is 418. The number of benzene rings is 1. The van der Waals surface area contributed by atoms with E-state index in [1.807, 2.05) is 0 Å². The molecular formula is C17H30BrN3. The van der Waals surface area contributed by atoms with E-state index >= 15 is 0 Å². The highest BCUT2D eigenvalue weighted by Gasteiger charge is 2.11. The summed E-state index contributed by atoms with van der Waals surface area (Å²) in [5.41, 5.74) is 2.72. The summed E-state index contributed by atoms with van der Waals surface area (Å²) in [5.74, 6) is 0. The number of halogens is 1. The lowest BCUT2D eigenvalue weighted by Crippen LogP contribution is -2.29. The van der Waals surface area contributed by atoms with Crippen molar-refractivity contribution in [2.45, 2.75) is 39.8 Å². The zero-order chi connectivity index (χ0) is 15.8. The lowest BCUT2D eigenvalue weighted by atomic mass is 10.1. The van der Waals surface area contributed by atoms with Gasteiger partial charge < -0.3 is 15.1 Å². The predicted octanol–water partition coefficient (Wildman–Crippen LogP) is 3.73. The summed E-state index contributed by atoms with van der Waals surface area (Å²) in [6, 6.07) is 7.11. The third-order valence-electron chi connectivity index (χ3n) is 3.50. The van der Waals surface area contributed by atoms with Crippen molar-refractivity contribution in [3.8, 4) is 0 Å². The van der Waals surface area contributed by atoms with Crippen LogP contribution in [0.2, 0.25) is 0 Å². The van der Waals surface area contributed by atoms with Gasteiger partial charge in [-0.15, -0.1) is 0 Å². The molecule has 1 aromatic carbocycles. The average molecular weight is 356 g/mol. The molecule has 0 saturated carbocycles. The van der Waals surface area contributed by atoms with Crippen molar-refractivity contribution in [3.05, 3.63) is 28.2 Å². The standard InChI is InChI=1S/C17H30BrN3/c1-6-21(11-7-10-20(4)5)17-12-16(18)9-8-15(17)13-19-14(2)3/h8-9,12,14,19H,6-7,10-11,13H2,1-5H3. The van der Waals surface area contributed by atoms with Crippen molar-refractivity contribution < 1.29 is 0 Å². The normalized spacial score (nSPS) is 11.4. The average Bonchev–Trinajstić information content (AvgIpc) is 2.42. The molecule has 0 radical (unpaired) electrons. The van der Waals surface area contributed by atoms with Crippen LogP contribution in [0.25, 0.3) is 0 Å². The number of anilines is 1. The van der Waals surface area contributed by atoms with Crippen molar-refractivity contribution in [2.24, 2.45) is 0 Å². The van der Waals surface area contributed by atoms with Crippen LogP contribution in [0.1, 0.15) is 32.8 Å². The second-order valence-electron chi connectivity index (χ2n) is 6.05. The molecule has 0 heterocycles. The minimum absolute atomic E-state index is 0.505. The third kappa shape index (κ3) is 6.81. The van der Waals surface area contributed by atoms with E-state index in [1.165, 1.54) is 17.7 Å². The van der Waals surface area contributed by atoms with Gasteiger partial charge in [-0.1, -0.05) is 35.8 Å². The molecule has 120 valence electrons. The number of nitrogens with one attached hydrogen (secondary N) is 1. The van der Waals surface area contributed by atoms with Crippen LogP contribution in [0.4, 0.5) is 5.69 Å². The maximum absolute atomic E-state index is 3.61. The lowest BCUT2D eigenvalue weighted by Gasteiger charge is -2.27. The van der Waals surface area contributed by atoms with Gasteiger partial charge in [0.15, 0.2) is 0 Å². The predicted molar refractivity (Wildman–Crippen MR) is 97.2 cm³/mol. The van der Waals surface area contributed by atoms with Gasteiger partial charge in [-0.3, -0.25) is 0 Å². The minimum atomic E-state index is 0.505. The molecule has 0 bridgehead atoms. The first-order valence-electron chi connectivity index (χ1n) is 7.85. The number of hydrogen-bond acceptors (Lipinski definition) is 3. The molecule has 21 heavy (non-hydrogen) atoms. The van der Waals surface area contributed by atoms with Gasteiger partial charge in [0.1, 0.15) is 0 Å². The fourth-order valence-electron chi connectivity index (χ4n) is 2.32. The third-order valence-corrected chi connectivity index (χ3v) is 4.00. The molecule has 3 nitrogen and oxygen atoms in total. The largest absolute Gasteiger partial charge is 0.371 e. The van der Waals surface area contributed by atoms with Crippen LogP contribution in [0.3, 0.4) is 0 Å². The first-order valence-corrected chi connectivity index (χ1v) is 8.64. The first kappa shape index (κ1) is 18.5. The van der Waals surface area contributed by atoms with Gasteiger partial charge in [-0.2, -0.15) is 0 Å². The highest BCUT2D eigenvalue weighted by atomic mass is 79.9. The molecule has 0 amide bonds. The molecule has 0 aliphatic rings. The monoisotopic (exact) mass is 355 g/mol. The Hall–Kier alpha value is -0.580. The number of nitrogens with zero attached hydrogens (tertiary/aromatic N) is 2. The van der Waals surface area contributed by atoms with E-state index < -0.39 is 0 Å². The summed E-state index contributed by atoms with van der Waals surface area (Å²) in [4.78, 5) is 4.72. The minimum Gasteiger partial charge on any atom is -0.371 e. The Morgan fingerprint density at radius 1 is 1.19 bits per heavy atom. The van der Waals surface area contributed by atoms with Crippen LogP contribution in [-0.4, -0.2) is 44.7 Å². The van der Waals surface area contributed by atoms with E-state index in [-0.39, 0.29) is 0 Å². The summed E-state index contributed by atoms with van der Waals surface area (Å²) >= 11 is 3.61. The number of rotatable bonds is 9. The van der Waals surface area contributed by atoms with Gasteiger partial charge in [-0.05, 0) is 51.7 Å². The van der Waals surface area contributed by atoms with Crippen molar-refractivity contribution in [2.75, 3.05) is 38.6 Å². The molecule has 0 aliphatic carbocycles. The molecule has 4 heteroatoms. The van der Waals surface area contributed by atoms with E-state index in [0.29, 0.717) is 6.04 Å². The fourth-order valence-corrected chi connectivity index (χ4v) is 2.67.